The van der Waals surface area contributed by atoms with Crippen molar-refractivity contribution in [2.75, 3.05) is 5.01 Å². The van der Waals surface area contributed by atoms with Crippen molar-refractivity contribution in [1.29, 1.82) is 0 Å². The number of hydrogen-bond acceptors (Lipinski definition) is 6. The summed E-state index contributed by atoms with van der Waals surface area (Å²) in [4.78, 5) is 27.8. The van der Waals surface area contributed by atoms with E-state index < -0.39 is 5.97 Å². The molecule has 1 atom stereocenters. The number of carbonyl (C=O) groups is 1. The Balaban J connectivity index is 1.69. The second-order valence-corrected chi connectivity index (χ2v) is 8.32. The number of hydrogen-bond donors (Lipinski definition) is 1. The number of nitrogens with zero attached hydrogens (tertiary/aromatic N) is 3. The maximum absolute atomic E-state index is 12.8. The van der Waals surface area contributed by atoms with E-state index >= 15 is 0 Å². The van der Waals surface area contributed by atoms with Gasteiger partial charge in [0.25, 0.3) is 0 Å². The Labute approximate surface area is 190 Å². The monoisotopic (exact) mass is 444 g/mol. The van der Waals surface area contributed by atoms with Gasteiger partial charge in [0.1, 0.15) is 0 Å². The summed E-state index contributed by atoms with van der Waals surface area (Å²) in [7, 11) is 0. The minimum Gasteiger partial charge on any atom is -0.345 e. The Morgan fingerprint density at radius 2 is 1.75 bits per heavy atom. The zero-order chi connectivity index (χ0) is 22.2. The minimum atomic E-state index is -0.476. The molecule has 32 heavy (non-hydrogen) atoms. The number of benzene rings is 3. The molecule has 2 heterocycles. The Bertz CT molecular complexity index is 1370. The molecular formula is C25H21ClN4O2. The maximum atomic E-state index is 12.8. The largest absolute Gasteiger partial charge is 0.378 e. The number of rotatable bonds is 2. The van der Waals surface area contributed by atoms with Crippen LogP contribution < -0.4 is 21.3 Å². The van der Waals surface area contributed by atoms with Crippen LogP contribution in [0.5, 0.6) is 0 Å². The summed E-state index contributed by atoms with van der Waals surface area (Å²) < 4.78 is 0. The van der Waals surface area contributed by atoms with Crippen LogP contribution in [0.4, 0.5) is 5.69 Å². The van der Waals surface area contributed by atoms with E-state index in [-0.39, 0.29) is 6.04 Å². The summed E-state index contributed by atoms with van der Waals surface area (Å²) in [6, 6.07) is 21.0. The molecule has 2 aliphatic rings. The normalized spacial score (nSPS) is 20.2. The molecule has 1 unspecified atom stereocenters. The van der Waals surface area contributed by atoms with Crippen LogP contribution >= 0.6 is 11.6 Å². The molecule has 2 aliphatic heterocycles. The highest BCUT2D eigenvalue weighted by Gasteiger charge is 2.34. The summed E-state index contributed by atoms with van der Waals surface area (Å²) in [6.45, 7) is 4.08. The second-order valence-electron chi connectivity index (χ2n) is 7.88. The number of carbonyl (C=O) groups excluding carboxylic acids is 1. The average molecular weight is 445 g/mol. The topological polar surface area (TPSA) is 66.3 Å². The first-order chi connectivity index (χ1) is 15.5. The number of para-hydroxylation sites is 2. The van der Waals surface area contributed by atoms with Gasteiger partial charge in [0.05, 0.1) is 28.1 Å². The molecule has 5 rings (SSSR count). The molecule has 0 aliphatic carbocycles. The van der Waals surface area contributed by atoms with E-state index in [9.17, 15) is 4.79 Å². The number of fused-ring (bicyclic) bond motifs is 1. The number of hydrazine groups is 1. The molecule has 0 amide bonds. The summed E-state index contributed by atoms with van der Waals surface area (Å²) in [6.07, 6.45) is 0.434. The van der Waals surface area contributed by atoms with E-state index in [1.807, 2.05) is 80.6 Å². The number of halogens is 1. The predicted molar refractivity (Wildman–Crippen MR) is 122 cm³/mol. The summed E-state index contributed by atoms with van der Waals surface area (Å²) in [5.41, 5.74) is 7.79. The number of nitrogens with one attached hydrogen (secondary N) is 1. The fraction of sp³-hybridized carbons (Fsp3) is 0.160. The molecule has 160 valence electrons. The van der Waals surface area contributed by atoms with E-state index in [2.05, 4.69) is 5.59 Å². The highest BCUT2D eigenvalue weighted by Crippen LogP contribution is 2.33. The van der Waals surface area contributed by atoms with E-state index in [0.29, 0.717) is 28.2 Å². The molecule has 7 heteroatoms. The standard InChI is InChI=1S/C25H21ClN4O2/c1-15-7-12-19(13-16(15)2)30-24(25(31)32-29-30)23-14-22(17-8-10-18(26)11-9-17)27-20-5-3-4-6-21(20)28-23/h3-13,22,29H,14H2,1-2H3. The summed E-state index contributed by atoms with van der Waals surface area (Å²) in [5.74, 6) is -0.476. The Hall–Kier alpha value is -3.48. The highest BCUT2D eigenvalue weighted by molar-refractivity contribution is 6.30. The van der Waals surface area contributed by atoms with Crippen molar-refractivity contribution in [2.45, 2.75) is 26.3 Å². The lowest BCUT2D eigenvalue weighted by atomic mass is 10.0. The number of anilines is 1. The first-order valence-electron chi connectivity index (χ1n) is 10.3. The SMILES string of the molecule is Cc1ccc(N2NOC(=O)C2=C2CC(c3ccc(Cl)cc3)N=c3ccccc3=N2)cc1C. The smallest absolute Gasteiger partial charge is 0.345 e. The van der Waals surface area contributed by atoms with Crippen LogP contribution in [0, 0.1) is 13.8 Å². The zero-order valence-corrected chi connectivity index (χ0v) is 18.4. The van der Waals surface area contributed by atoms with Crippen molar-refractivity contribution in [3.05, 3.63) is 111 Å². The molecule has 0 saturated carbocycles. The zero-order valence-electron chi connectivity index (χ0n) is 17.7. The third-order valence-electron chi connectivity index (χ3n) is 5.74. The molecule has 3 aromatic rings. The molecule has 0 spiro atoms. The van der Waals surface area contributed by atoms with Crippen LogP contribution in [0.1, 0.15) is 29.2 Å². The average Bonchev–Trinajstić information content (AvgIpc) is 3.06. The molecule has 1 fully saturated rings. The quantitative estimate of drug-likeness (QED) is 0.606. The first kappa shape index (κ1) is 20.4. The van der Waals surface area contributed by atoms with Gasteiger partial charge in [0, 0.05) is 11.4 Å². The minimum absolute atomic E-state index is 0.225. The van der Waals surface area contributed by atoms with Gasteiger partial charge in [-0.3, -0.25) is 4.99 Å². The molecule has 1 saturated heterocycles. The fourth-order valence-electron chi connectivity index (χ4n) is 3.85. The Morgan fingerprint density at radius 3 is 2.50 bits per heavy atom. The fourth-order valence-corrected chi connectivity index (χ4v) is 3.97. The molecule has 0 aromatic heterocycles. The maximum Gasteiger partial charge on any atom is 0.378 e. The molecular weight excluding hydrogens is 424 g/mol. The third kappa shape index (κ3) is 3.79. The van der Waals surface area contributed by atoms with Gasteiger partial charge in [0.15, 0.2) is 5.70 Å². The van der Waals surface area contributed by atoms with Crippen LogP contribution in [0.2, 0.25) is 5.02 Å². The number of aryl methyl sites for hydroxylation is 2. The van der Waals surface area contributed by atoms with Gasteiger partial charge < -0.3 is 4.84 Å². The molecule has 0 bridgehead atoms. The van der Waals surface area contributed by atoms with Crippen LogP contribution in [0.3, 0.4) is 0 Å². The van der Waals surface area contributed by atoms with Gasteiger partial charge in [0.2, 0.25) is 0 Å². The van der Waals surface area contributed by atoms with Crippen molar-refractivity contribution < 1.29 is 9.63 Å². The van der Waals surface area contributed by atoms with E-state index in [0.717, 1.165) is 22.2 Å². The molecule has 6 nitrogen and oxygen atoms in total. The van der Waals surface area contributed by atoms with Gasteiger partial charge in [-0.1, -0.05) is 47.5 Å². The predicted octanol–water partition coefficient (Wildman–Crippen LogP) is 4.04. The highest BCUT2D eigenvalue weighted by atomic mass is 35.5. The molecule has 3 aromatic carbocycles. The van der Waals surface area contributed by atoms with Gasteiger partial charge in [-0.15, -0.1) is 0 Å². The summed E-state index contributed by atoms with van der Waals surface area (Å²) in [5, 5.41) is 3.81. The molecule has 1 N–H and O–H groups in total. The Kier molecular flexibility index (Phi) is 5.25. The van der Waals surface area contributed by atoms with Gasteiger partial charge in [-0.2, -0.15) is 0 Å². The van der Waals surface area contributed by atoms with Gasteiger partial charge in [-0.05, 0) is 66.9 Å². The first-order valence-corrected chi connectivity index (χ1v) is 10.7. The lowest BCUT2D eigenvalue weighted by molar-refractivity contribution is -0.140. The van der Waals surface area contributed by atoms with Gasteiger partial charge in [-0.25, -0.2) is 14.8 Å². The Morgan fingerprint density at radius 1 is 1.00 bits per heavy atom. The second kappa shape index (κ2) is 8.22. The van der Waals surface area contributed by atoms with Crippen LogP contribution in [0.15, 0.2) is 88.1 Å². The van der Waals surface area contributed by atoms with Crippen molar-refractivity contribution in [3.8, 4) is 0 Å². The van der Waals surface area contributed by atoms with Crippen LogP contribution in [0.25, 0.3) is 0 Å². The third-order valence-corrected chi connectivity index (χ3v) is 5.99. The van der Waals surface area contributed by atoms with Crippen molar-refractivity contribution in [3.63, 3.8) is 0 Å². The van der Waals surface area contributed by atoms with Gasteiger partial charge >= 0.3 is 5.97 Å². The van der Waals surface area contributed by atoms with E-state index in [1.165, 1.54) is 5.56 Å². The summed E-state index contributed by atoms with van der Waals surface area (Å²) >= 11 is 6.09. The van der Waals surface area contributed by atoms with E-state index in [4.69, 9.17) is 26.4 Å². The van der Waals surface area contributed by atoms with E-state index in [1.54, 1.807) is 5.01 Å². The van der Waals surface area contributed by atoms with Crippen LogP contribution in [-0.2, 0) is 9.63 Å². The van der Waals surface area contributed by atoms with Crippen molar-refractivity contribution in [1.82, 2.24) is 5.59 Å². The molecule has 0 radical (unpaired) electrons. The van der Waals surface area contributed by atoms with Crippen LogP contribution in [-0.4, -0.2) is 5.97 Å². The van der Waals surface area contributed by atoms with Crippen molar-refractivity contribution in [2.24, 2.45) is 9.98 Å². The lowest BCUT2D eigenvalue weighted by Gasteiger charge is -2.19. The van der Waals surface area contributed by atoms with Crippen molar-refractivity contribution >= 4 is 23.3 Å². The lowest BCUT2D eigenvalue weighted by Crippen LogP contribution is -2.30.